The normalized spacial score (nSPS) is 13.7. The van der Waals surface area contributed by atoms with Crippen molar-refractivity contribution in [3.63, 3.8) is 0 Å². The number of hydrogen-bond acceptors (Lipinski definition) is 6. The van der Waals surface area contributed by atoms with Gasteiger partial charge in [0.25, 0.3) is 5.56 Å². The van der Waals surface area contributed by atoms with E-state index >= 15 is 0 Å². The zero-order chi connectivity index (χ0) is 24.1. The van der Waals surface area contributed by atoms with Gasteiger partial charge in [0.1, 0.15) is 5.75 Å². The second-order valence-electron chi connectivity index (χ2n) is 8.07. The van der Waals surface area contributed by atoms with Gasteiger partial charge in [0.15, 0.2) is 5.16 Å². The quantitative estimate of drug-likeness (QED) is 0.393. The zero-order valence-electron chi connectivity index (χ0n) is 19.2. The maximum absolute atomic E-state index is 12.9. The van der Waals surface area contributed by atoms with Crippen molar-refractivity contribution in [3.8, 4) is 5.75 Å². The first-order valence-corrected chi connectivity index (χ1v) is 12.4. The number of halogens is 1. The van der Waals surface area contributed by atoms with Crippen LogP contribution in [0.25, 0.3) is 0 Å². The minimum atomic E-state index is -0.260. The molecule has 0 aliphatic carbocycles. The number of thioether (sulfide) groups is 1. The summed E-state index contributed by atoms with van der Waals surface area (Å²) >= 11 is 7.75. The van der Waals surface area contributed by atoms with Crippen molar-refractivity contribution in [2.45, 2.75) is 24.3 Å². The van der Waals surface area contributed by atoms with Gasteiger partial charge in [-0.3, -0.25) is 9.59 Å². The van der Waals surface area contributed by atoms with E-state index in [2.05, 4.69) is 14.9 Å². The van der Waals surface area contributed by atoms with E-state index in [-0.39, 0.29) is 17.9 Å². The fraction of sp³-hybridized carbons (Fsp3) is 0.320. The molecule has 178 valence electrons. The number of amides is 1. The molecule has 0 unspecified atom stereocenters. The third-order valence-electron chi connectivity index (χ3n) is 5.86. The number of carbonyl (C=O) groups is 1. The standard InChI is InChI=1S/C25H27ClN4O3S/c1-17-20(24(32)28-25(27-17)34-16-18-6-5-7-19(14-18)33-2)15-23(31)30-12-10-29(11-13-30)22-9-4-3-8-21(22)26/h3-9,14H,10-13,15-16H2,1-2H3,(H,27,28,32). The van der Waals surface area contributed by atoms with Crippen LogP contribution >= 0.6 is 23.4 Å². The van der Waals surface area contributed by atoms with Crippen molar-refractivity contribution in [2.75, 3.05) is 38.2 Å². The molecule has 2 heterocycles. The molecular weight excluding hydrogens is 472 g/mol. The Balaban J connectivity index is 1.36. The number of aromatic nitrogens is 2. The minimum absolute atomic E-state index is 0.0427. The van der Waals surface area contributed by atoms with Crippen molar-refractivity contribution in [1.29, 1.82) is 0 Å². The maximum Gasteiger partial charge on any atom is 0.255 e. The zero-order valence-corrected chi connectivity index (χ0v) is 20.8. The van der Waals surface area contributed by atoms with E-state index in [0.29, 0.717) is 53.4 Å². The molecule has 3 aromatic rings. The van der Waals surface area contributed by atoms with Gasteiger partial charge in [-0.15, -0.1) is 0 Å². The first-order chi connectivity index (χ1) is 16.4. The van der Waals surface area contributed by atoms with Gasteiger partial charge in [-0.2, -0.15) is 0 Å². The van der Waals surface area contributed by atoms with Gasteiger partial charge in [-0.1, -0.05) is 47.6 Å². The lowest BCUT2D eigenvalue weighted by molar-refractivity contribution is -0.130. The van der Waals surface area contributed by atoms with E-state index in [1.807, 2.05) is 48.5 Å². The number of aromatic amines is 1. The van der Waals surface area contributed by atoms with E-state index in [0.717, 1.165) is 17.0 Å². The molecule has 1 fully saturated rings. The summed E-state index contributed by atoms with van der Waals surface area (Å²) < 4.78 is 5.25. The van der Waals surface area contributed by atoms with Gasteiger partial charge in [0.2, 0.25) is 5.91 Å². The number of H-pyrrole nitrogens is 1. The second-order valence-corrected chi connectivity index (χ2v) is 9.44. The first-order valence-electron chi connectivity index (χ1n) is 11.1. The van der Waals surface area contributed by atoms with Crippen LogP contribution in [0.3, 0.4) is 0 Å². The number of nitrogens with zero attached hydrogens (tertiary/aromatic N) is 3. The molecule has 9 heteroatoms. The minimum Gasteiger partial charge on any atom is -0.497 e. The Hall–Kier alpha value is -2.97. The van der Waals surface area contributed by atoms with E-state index in [1.54, 1.807) is 18.9 Å². The van der Waals surface area contributed by atoms with Crippen molar-refractivity contribution >= 4 is 35.0 Å². The SMILES string of the molecule is COc1cccc(CSc2nc(C)c(CC(=O)N3CCN(c4ccccc4Cl)CC3)c(=O)[nH]2)c1. The molecule has 1 amide bonds. The predicted octanol–water partition coefficient (Wildman–Crippen LogP) is 3.92. The maximum atomic E-state index is 12.9. The highest BCUT2D eigenvalue weighted by Gasteiger charge is 2.24. The highest BCUT2D eigenvalue weighted by Crippen LogP contribution is 2.26. The van der Waals surface area contributed by atoms with Crippen LogP contribution in [-0.4, -0.2) is 54.1 Å². The molecule has 1 aromatic heterocycles. The Labute approximate surface area is 208 Å². The van der Waals surface area contributed by atoms with Crippen molar-refractivity contribution in [3.05, 3.63) is 80.7 Å². The highest BCUT2D eigenvalue weighted by molar-refractivity contribution is 7.98. The van der Waals surface area contributed by atoms with Crippen LogP contribution < -0.4 is 15.2 Å². The molecule has 1 N–H and O–H groups in total. The number of hydrogen-bond donors (Lipinski definition) is 1. The summed E-state index contributed by atoms with van der Waals surface area (Å²) in [5.74, 6) is 1.37. The van der Waals surface area contributed by atoms with E-state index in [1.165, 1.54) is 11.8 Å². The smallest absolute Gasteiger partial charge is 0.255 e. The second kappa shape index (κ2) is 11.0. The van der Waals surface area contributed by atoms with Crippen molar-refractivity contribution in [2.24, 2.45) is 0 Å². The molecule has 1 aliphatic rings. The predicted molar refractivity (Wildman–Crippen MR) is 136 cm³/mol. The number of nitrogens with one attached hydrogen (secondary N) is 1. The number of ether oxygens (including phenoxy) is 1. The first kappa shape index (κ1) is 24.2. The topological polar surface area (TPSA) is 78.5 Å². The van der Waals surface area contributed by atoms with Crippen molar-refractivity contribution in [1.82, 2.24) is 14.9 Å². The molecule has 0 atom stereocenters. The largest absolute Gasteiger partial charge is 0.497 e. The summed E-state index contributed by atoms with van der Waals surface area (Å²) in [5, 5.41) is 1.25. The molecule has 2 aromatic carbocycles. The van der Waals surface area contributed by atoms with Crippen LogP contribution in [0.15, 0.2) is 58.5 Å². The number of carbonyl (C=O) groups excluding carboxylic acids is 1. The number of aryl methyl sites for hydroxylation is 1. The van der Waals surface area contributed by atoms with Crippen molar-refractivity contribution < 1.29 is 9.53 Å². The number of methoxy groups -OCH3 is 1. The Morgan fingerprint density at radius 3 is 2.62 bits per heavy atom. The highest BCUT2D eigenvalue weighted by atomic mass is 35.5. The Bertz CT molecular complexity index is 1220. The molecule has 4 rings (SSSR count). The summed E-state index contributed by atoms with van der Waals surface area (Å²) in [7, 11) is 1.63. The van der Waals surface area contributed by atoms with Crippen LogP contribution in [-0.2, 0) is 17.0 Å². The average Bonchev–Trinajstić information content (AvgIpc) is 2.85. The van der Waals surface area contributed by atoms with Crippen LogP contribution in [0.1, 0.15) is 16.8 Å². The summed E-state index contributed by atoms with van der Waals surface area (Å²) in [5.41, 5.74) is 2.79. The number of rotatable bonds is 7. The fourth-order valence-corrected chi connectivity index (χ4v) is 5.05. The van der Waals surface area contributed by atoms with E-state index < -0.39 is 0 Å². The van der Waals surface area contributed by atoms with Gasteiger partial charge in [-0.05, 0) is 36.8 Å². The van der Waals surface area contributed by atoms with Gasteiger partial charge < -0.3 is 19.5 Å². The lowest BCUT2D eigenvalue weighted by Gasteiger charge is -2.36. The fourth-order valence-electron chi connectivity index (χ4n) is 3.94. The van der Waals surface area contributed by atoms with Crippen LogP contribution in [0.4, 0.5) is 5.69 Å². The molecule has 1 aliphatic heterocycles. The molecule has 34 heavy (non-hydrogen) atoms. The molecule has 0 spiro atoms. The molecule has 1 saturated heterocycles. The Morgan fingerprint density at radius 2 is 1.91 bits per heavy atom. The van der Waals surface area contributed by atoms with Crippen LogP contribution in [0.2, 0.25) is 5.02 Å². The lowest BCUT2D eigenvalue weighted by Crippen LogP contribution is -2.49. The summed E-state index contributed by atoms with van der Waals surface area (Å²) in [6.07, 6.45) is 0.0427. The summed E-state index contributed by atoms with van der Waals surface area (Å²) in [6, 6.07) is 15.5. The Kier molecular flexibility index (Phi) is 7.80. The average molecular weight is 499 g/mol. The summed E-state index contributed by atoms with van der Waals surface area (Å²) in [4.78, 5) is 37.0. The van der Waals surface area contributed by atoms with E-state index in [4.69, 9.17) is 16.3 Å². The van der Waals surface area contributed by atoms with Crippen LogP contribution in [0, 0.1) is 6.92 Å². The third-order valence-corrected chi connectivity index (χ3v) is 7.13. The van der Waals surface area contributed by atoms with Crippen LogP contribution in [0.5, 0.6) is 5.75 Å². The molecule has 0 radical (unpaired) electrons. The van der Waals surface area contributed by atoms with Gasteiger partial charge in [-0.25, -0.2) is 4.98 Å². The molecule has 0 saturated carbocycles. The lowest BCUT2D eigenvalue weighted by atomic mass is 10.1. The van der Waals surface area contributed by atoms with E-state index in [9.17, 15) is 9.59 Å². The van der Waals surface area contributed by atoms with Gasteiger partial charge in [0, 0.05) is 43.2 Å². The molecule has 7 nitrogen and oxygen atoms in total. The van der Waals surface area contributed by atoms with Gasteiger partial charge >= 0.3 is 0 Å². The Morgan fingerprint density at radius 1 is 1.15 bits per heavy atom. The number of benzene rings is 2. The monoisotopic (exact) mass is 498 g/mol. The third kappa shape index (κ3) is 5.74. The number of anilines is 1. The number of piperazine rings is 1. The summed E-state index contributed by atoms with van der Waals surface area (Å²) in [6.45, 7) is 4.35. The molecular formula is C25H27ClN4O3S. The number of para-hydroxylation sites is 1. The van der Waals surface area contributed by atoms with Gasteiger partial charge in [0.05, 0.1) is 24.2 Å². The molecule has 0 bridgehead atoms.